The molecular formula is C16H26N2O. The van der Waals surface area contributed by atoms with Gasteiger partial charge in [0.25, 0.3) is 0 Å². The van der Waals surface area contributed by atoms with E-state index >= 15 is 0 Å². The maximum Gasteiger partial charge on any atom is 0.220 e. The van der Waals surface area contributed by atoms with Crippen LogP contribution in [0.5, 0.6) is 0 Å². The second kappa shape index (κ2) is 7.95. The van der Waals surface area contributed by atoms with E-state index in [0.29, 0.717) is 6.42 Å². The molecule has 3 nitrogen and oxygen atoms in total. The molecule has 0 spiro atoms. The van der Waals surface area contributed by atoms with Crippen LogP contribution in [0, 0.1) is 20.8 Å². The van der Waals surface area contributed by atoms with Crippen molar-refractivity contribution in [2.45, 2.75) is 40.0 Å². The molecule has 1 amide bonds. The zero-order chi connectivity index (χ0) is 14.3. The zero-order valence-corrected chi connectivity index (χ0v) is 12.6. The second-order valence-electron chi connectivity index (χ2n) is 5.10. The van der Waals surface area contributed by atoms with Gasteiger partial charge in [-0.1, -0.05) is 12.1 Å². The van der Waals surface area contributed by atoms with E-state index in [1.54, 1.807) is 0 Å². The first-order chi connectivity index (χ1) is 9.06. The molecule has 0 aliphatic carbocycles. The van der Waals surface area contributed by atoms with Gasteiger partial charge in [-0.25, -0.2) is 0 Å². The first-order valence-corrected chi connectivity index (χ1v) is 7.03. The normalized spacial score (nSPS) is 10.5. The monoisotopic (exact) mass is 262 g/mol. The van der Waals surface area contributed by atoms with Crippen LogP contribution < -0.4 is 10.6 Å². The predicted octanol–water partition coefficient (Wildman–Crippen LogP) is 2.27. The van der Waals surface area contributed by atoms with Crippen LogP contribution in [0.4, 0.5) is 0 Å². The molecule has 0 aliphatic heterocycles. The highest BCUT2D eigenvalue weighted by Crippen LogP contribution is 2.17. The van der Waals surface area contributed by atoms with Crippen molar-refractivity contribution in [2.24, 2.45) is 0 Å². The highest BCUT2D eigenvalue weighted by molar-refractivity contribution is 5.75. The molecule has 0 radical (unpaired) electrons. The smallest absolute Gasteiger partial charge is 0.220 e. The third-order valence-electron chi connectivity index (χ3n) is 3.72. The summed E-state index contributed by atoms with van der Waals surface area (Å²) in [6.07, 6.45) is 2.41. The average Bonchev–Trinajstić information content (AvgIpc) is 2.39. The van der Waals surface area contributed by atoms with E-state index in [9.17, 15) is 4.79 Å². The molecule has 0 unspecified atom stereocenters. The molecule has 19 heavy (non-hydrogen) atoms. The maximum absolute atomic E-state index is 11.6. The van der Waals surface area contributed by atoms with Crippen molar-refractivity contribution in [3.8, 4) is 0 Å². The third kappa shape index (κ3) is 5.03. The van der Waals surface area contributed by atoms with Crippen molar-refractivity contribution < 1.29 is 4.79 Å². The minimum Gasteiger partial charge on any atom is -0.356 e. The molecule has 0 bridgehead atoms. The summed E-state index contributed by atoms with van der Waals surface area (Å²) in [5.74, 6) is 0.150. The summed E-state index contributed by atoms with van der Waals surface area (Å²) in [4.78, 5) is 11.6. The molecule has 2 N–H and O–H groups in total. The van der Waals surface area contributed by atoms with Gasteiger partial charge in [0, 0.05) is 13.0 Å². The Morgan fingerprint density at radius 3 is 2.53 bits per heavy atom. The Morgan fingerprint density at radius 1 is 1.11 bits per heavy atom. The van der Waals surface area contributed by atoms with Crippen molar-refractivity contribution in [1.29, 1.82) is 0 Å². The van der Waals surface area contributed by atoms with Crippen molar-refractivity contribution in [1.82, 2.24) is 10.6 Å². The number of aryl methyl sites for hydroxylation is 1. The lowest BCUT2D eigenvalue weighted by Crippen LogP contribution is -2.26. The molecule has 1 aromatic carbocycles. The van der Waals surface area contributed by atoms with Gasteiger partial charge in [0.1, 0.15) is 0 Å². The minimum atomic E-state index is 0.150. The fourth-order valence-electron chi connectivity index (χ4n) is 2.13. The van der Waals surface area contributed by atoms with E-state index in [1.165, 1.54) is 22.3 Å². The second-order valence-corrected chi connectivity index (χ2v) is 5.10. The molecule has 0 saturated carbocycles. The number of amides is 1. The van der Waals surface area contributed by atoms with E-state index in [0.717, 1.165) is 25.9 Å². The number of carbonyl (C=O) groups is 1. The molecule has 0 atom stereocenters. The summed E-state index contributed by atoms with van der Waals surface area (Å²) in [5.41, 5.74) is 5.37. The van der Waals surface area contributed by atoms with Crippen LogP contribution >= 0.6 is 0 Å². The summed E-state index contributed by atoms with van der Waals surface area (Å²) >= 11 is 0. The highest BCUT2D eigenvalue weighted by Gasteiger charge is 2.05. The summed E-state index contributed by atoms with van der Waals surface area (Å²) in [6, 6.07) is 4.33. The summed E-state index contributed by atoms with van der Waals surface area (Å²) in [6.45, 7) is 8.07. The Morgan fingerprint density at radius 2 is 1.84 bits per heavy atom. The Hall–Kier alpha value is -1.35. The van der Waals surface area contributed by atoms with Crippen LogP contribution in [0.25, 0.3) is 0 Å². The summed E-state index contributed by atoms with van der Waals surface area (Å²) in [7, 11) is 1.90. The van der Waals surface area contributed by atoms with Crippen LogP contribution in [-0.4, -0.2) is 26.0 Å². The summed E-state index contributed by atoms with van der Waals surface area (Å²) < 4.78 is 0. The number of rotatable bonds is 7. The number of nitrogens with one attached hydrogen (secondary N) is 2. The molecule has 0 fully saturated rings. The lowest BCUT2D eigenvalue weighted by atomic mass is 9.97. The Balaban J connectivity index is 2.37. The minimum absolute atomic E-state index is 0.150. The number of hydrogen-bond donors (Lipinski definition) is 2. The highest BCUT2D eigenvalue weighted by atomic mass is 16.1. The lowest BCUT2D eigenvalue weighted by Gasteiger charge is -2.11. The van der Waals surface area contributed by atoms with Gasteiger partial charge in [-0.15, -0.1) is 0 Å². The largest absolute Gasteiger partial charge is 0.356 e. The van der Waals surface area contributed by atoms with Gasteiger partial charge in [-0.05, 0) is 69.5 Å². The quantitative estimate of drug-likeness (QED) is 0.740. The van der Waals surface area contributed by atoms with Crippen molar-refractivity contribution >= 4 is 5.91 Å². The van der Waals surface area contributed by atoms with Crippen molar-refractivity contribution in [2.75, 3.05) is 20.1 Å². The number of benzene rings is 1. The molecule has 1 aromatic rings. The van der Waals surface area contributed by atoms with E-state index in [4.69, 9.17) is 0 Å². The average molecular weight is 262 g/mol. The standard InChI is InChI=1S/C16H26N2O/c1-12-7-8-15(14(3)13(12)2)9-11-18-16(19)6-5-10-17-4/h7-8,17H,5-6,9-11H2,1-4H3,(H,18,19). The fraction of sp³-hybridized carbons (Fsp3) is 0.562. The fourth-order valence-corrected chi connectivity index (χ4v) is 2.13. The Kier molecular flexibility index (Phi) is 6.57. The van der Waals surface area contributed by atoms with Crippen LogP contribution in [0.2, 0.25) is 0 Å². The SMILES string of the molecule is CNCCCC(=O)NCCc1ccc(C)c(C)c1C. The Labute approximate surface area is 116 Å². The van der Waals surface area contributed by atoms with Crippen LogP contribution in [0.3, 0.4) is 0 Å². The third-order valence-corrected chi connectivity index (χ3v) is 3.72. The zero-order valence-electron chi connectivity index (χ0n) is 12.6. The van der Waals surface area contributed by atoms with E-state index in [1.807, 2.05) is 7.05 Å². The van der Waals surface area contributed by atoms with Gasteiger partial charge in [0.05, 0.1) is 0 Å². The summed E-state index contributed by atoms with van der Waals surface area (Å²) in [5, 5.41) is 6.03. The molecule has 1 rings (SSSR count). The van der Waals surface area contributed by atoms with Gasteiger partial charge < -0.3 is 10.6 Å². The van der Waals surface area contributed by atoms with Gasteiger partial charge in [-0.2, -0.15) is 0 Å². The van der Waals surface area contributed by atoms with Crippen LogP contribution in [-0.2, 0) is 11.2 Å². The van der Waals surface area contributed by atoms with Crippen LogP contribution in [0.15, 0.2) is 12.1 Å². The topological polar surface area (TPSA) is 41.1 Å². The lowest BCUT2D eigenvalue weighted by molar-refractivity contribution is -0.121. The van der Waals surface area contributed by atoms with Crippen molar-refractivity contribution in [3.05, 3.63) is 34.4 Å². The Bertz CT molecular complexity index is 427. The van der Waals surface area contributed by atoms with Gasteiger partial charge in [0.2, 0.25) is 5.91 Å². The molecule has 106 valence electrons. The predicted molar refractivity (Wildman–Crippen MR) is 80.5 cm³/mol. The van der Waals surface area contributed by atoms with Gasteiger partial charge >= 0.3 is 0 Å². The molecule has 3 heteroatoms. The van der Waals surface area contributed by atoms with E-state index in [-0.39, 0.29) is 5.91 Å². The first-order valence-electron chi connectivity index (χ1n) is 7.03. The number of hydrogen-bond acceptors (Lipinski definition) is 2. The van der Waals surface area contributed by atoms with Crippen molar-refractivity contribution in [3.63, 3.8) is 0 Å². The van der Waals surface area contributed by atoms with E-state index in [2.05, 4.69) is 43.5 Å². The molecule has 0 aliphatic rings. The molecule has 0 heterocycles. The molecular weight excluding hydrogens is 236 g/mol. The van der Waals surface area contributed by atoms with Gasteiger partial charge in [0.15, 0.2) is 0 Å². The molecule has 0 saturated heterocycles. The van der Waals surface area contributed by atoms with Crippen LogP contribution in [0.1, 0.15) is 35.1 Å². The molecule has 0 aromatic heterocycles. The maximum atomic E-state index is 11.6. The first kappa shape index (κ1) is 15.7. The van der Waals surface area contributed by atoms with E-state index < -0.39 is 0 Å². The van der Waals surface area contributed by atoms with Gasteiger partial charge in [-0.3, -0.25) is 4.79 Å². The number of carbonyl (C=O) groups excluding carboxylic acids is 1.